The Bertz CT molecular complexity index is 1250. The van der Waals surface area contributed by atoms with Crippen LogP contribution in [0.4, 0.5) is 5.95 Å². The molecule has 4 N–H and O–H groups in total. The second-order valence-electron chi connectivity index (χ2n) is 8.48. The normalized spacial score (nSPS) is 22.3. The summed E-state index contributed by atoms with van der Waals surface area (Å²) in [6.45, 7) is 5.41. The van der Waals surface area contributed by atoms with Crippen LogP contribution in [0, 0.1) is 18.3 Å². The molecule has 0 amide bonds. The van der Waals surface area contributed by atoms with E-state index in [1.165, 1.54) is 14.0 Å². The van der Waals surface area contributed by atoms with Crippen molar-refractivity contribution in [3.05, 3.63) is 6.33 Å². The minimum atomic E-state index is -4.09. The van der Waals surface area contributed by atoms with Crippen LogP contribution in [-0.2, 0) is 32.9 Å². The van der Waals surface area contributed by atoms with Crippen LogP contribution in [0.3, 0.4) is 0 Å². The highest BCUT2D eigenvalue weighted by Crippen LogP contribution is 2.42. The number of esters is 2. The average molecular weight is 554 g/mol. The molecule has 0 radical (unpaired) electrons. The molecule has 1 fully saturated rings. The van der Waals surface area contributed by atoms with Crippen molar-refractivity contribution in [3.8, 4) is 18.2 Å². The highest BCUT2D eigenvalue weighted by molar-refractivity contribution is 7.54. The molecule has 2 aromatic heterocycles. The van der Waals surface area contributed by atoms with Crippen molar-refractivity contribution in [1.82, 2.24) is 29.7 Å². The Morgan fingerprint density at radius 3 is 2.66 bits per heavy atom. The van der Waals surface area contributed by atoms with Crippen LogP contribution in [0.1, 0.15) is 33.4 Å². The van der Waals surface area contributed by atoms with Crippen LogP contribution in [0.5, 0.6) is 5.88 Å². The topological polar surface area (TPSA) is 191 Å². The van der Waals surface area contributed by atoms with Crippen molar-refractivity contribution in [1.29, 1.82) is 0 Å². The smallest absolute Gasteiger partial charge is 0.343 e. The SMILES string of the molecule is C#C[C@H](NP(=O)(N[C@H](C)C(=O)OC)OC[C@@H]1C[C@H](C)[C@H](n2cnc3c(OCC)nc(N)nc32)O1)C(=O)OC. The number of nitrogen functional groups attached to an aromatic ring is 1. The summed E-state index contributed by atoms with van der Waals surface area (Å²) < 4.78 is 42.1. The maximum atomic E-state index is 13.6. The fraction of sp³-hybridized carbons (Fsp3) is 0.591. The van der Waals surface area contributed by atoms with Gasteiger partial charge in [-0.05, 0) is 20.3 Å². The van der Waals surface area contributed by atoms with Gasteiger partial charge in [-0.15, -0.1) is 6.42 Å². The first-order valence-electron chi connectivity index (χ1n) is 11.8. The molecular weight excluding hydrogens is 521 g/mol. The molecule has 0 aromatic carbocycles. The predicted molar refractivity (Wildman–Crippen MR) is 135 cm³/mol. The molecule has 3 rings (SSSR count). The third-order valence-electron chi connectivity index (χ3n) is 5.68. The molecule has 0 spiro atoms. The number of aromatic nitrogens is 4. The van der Waals surface area contributed by atoms with E-state index in [1.54, 1.807) is 10.9 Å². The molecule has 15 nitrogen and oxygen atoms in total. The van der Waals surface area contributed by atoms with Crippen LogP contribution < -0.4 is 20.6 Å². The molecule has 208 valence electrons. The van der Waals surface area contributed by atoms with Gasteiger partial charge in [0.2, 0.25) is 11.8 Å². The van der Waals surface area contributed by atoms with Gasteiger partial charge < -0.3 is 29.2 Å². The summed E-state index contributed by atoms with van der Waals surface area (Å²) in [6.07, 6.45) is 6.45. The van der Waals surface area contributed by atoms with Crippen LogP contribution in [0.15, 0.2) is 6.33 Å². The van der Waals surface area contributed by atoms with E-state index >= 15 is 0 Å². The molecule has 3 heterocycles. The van der Waals surface area contributed by atoms with Crippen molar-refractivity contribution in [3.63, 3.8) is 0 Å². The number of nitrogens with one attached hydrogen (secondary N) is 2. The number of ether oxygens (including phenoxy) is 4. The van der Waals surface area contributed by atoms with E-state index in [4.69, 9.17) is 26.2 Å². The van der Waals surface area contributed by atoms with E-state index in [0.717, 1.165) is 7.11 Å². The summed E-state index contributed by atoms with van der Waals surface area (Å²) in [5.74, 6) is 0.867. The minimum absolute atomic E-state index is 0.0275. The maximum absolute atomic E-state index is 13.6. The van der Waals surface area contributed by atoms with Crippen LogP contribution in [0.2, 0.25) is 0 Å². The molecule has 1 unspecified atom stereocenters. The fourth-order valence-corrected chi connectivity index (χ4v) is 5.66. The number of anilines is 1. The van der Waals surface area contributed by atoms with E-state index in [9.17, 15) is 14.2 Å². The standard InChI is InChI=1S/C22H32N7O8P/c1-7-15(21(31)34-6)28-38(32,27-13(4)20(30)33-5)36-10-14-9-12(3)19(37-14)29-11-24-16-17(29)25-22(23)26-18(16)35-8-2/h1,11-15,19H,8-10H2,2-6H3,(H2,23,25,26)(H2,27,28,32)/t12-,13+,14-,15-,19+,38?/m0/s1. The quantitative estimate of drug-likeness (QED) is 0.190. The van der Waals surface area contributed by atoms with Crippen molar-refractivity contribution in [2.75, 3.05) is 33.2 Å². The van der Waals surface area contributed by atoms with Gasteiger partial charge in [-0.1, -0.05) is 12.8 Å². The Hall–Kier alpha value is -3.28. The summed E-state index contributed by atoms with van der Waals surface area (Å²) in [4.78, 5) is 36.7. The number of methoxy groups -OCH3 is 2. The summed E-state index contributed by atoms with van der Waals surface area (Å²) in [7, 11) is -1.78. The fourth-order valence-electron chi connectivity index (χ4n) is 3.93. The lowest BCUT2D eigenvalue weighted by atomic mass is 10.1. The van der Waals surface area contributed by atoms with Crippen molar-refractivity contribution < 1.29 is 37.6 Å². The summed E-state index contributed by atoms with van der Waals surface area (Å²) in [5.41, 5.74) is 6.74. The zero-order valence-electron chi connectivity index (χ0n) is 21.7. The zero-order valence-corrected chi connectivity index (χ0v) is 22.6. The number of nitrogens with two attached hydrogens (primary N) is 1. The van der Waals surface area contributed by atoms with Crippen LogP contribution in [-0.4, -0.2) is 77.1 Å². The Morgan fingerprint density at radius 1 is 1.32 bits per heavy atom. The van der Waals surface area contributed by atoms with Gasteiger partial charge in [0.1, 0.15) is 12.3 Å². The number of carbonyl (C=O) groups excluding carboxylic acids is 2. The van der Waals surface area contributed by atoms with E-state index in [1.807, 2.05) is 13.8 Å². The Balaban J connectivity index is 1.78. The minimum Gasteiger partial charge on any atom is -0.476 e. The largest absolute Gasteiger partial charge is 0.476 e. The van der Waals surface area contributed by atoms with E-state index in [-0.39, 0.29) is 24.4 Å². The molecule has 0 bridgehead atoms. The van der Waals surface area contributed by atoms with Crippen LogP contribution in [0.25, 0.3) is 11.2 Å². The molecular formula is C22H32N7O8P. The number of fused-ring (bicyclic) bond motifs is 1. The van der Waals surface area contributed by atoms with E-state index in [2.05, 4.69) is 40.5 Å². The first kappa shape index (κ1) is 29.3. The Morgan fingerprint density at radius 2 is 2.03 bits per heavy atom. The summed E-state index contributed by atoms with van der Waals surface area (Å²) in [6, 6.07) is -2.45. The molecule has 2 aromatic rings. The second kappa shape index (κ2) is 12.5. The molecule has 38 heavy (non-hydrogen) atoms. The van der Waals surface area contributed by atoms with Gasteiger partial charge in [0.15, 0.2) is 17.2 Å². The lowest BCUT2D eigenvalue weighted by Gasteiger charge is -2.26. The molecule has 6 atom stereocenters. The van der Waals surface area contributed by atoms with Gasteiger partial charge in [-0.2, -0.15) is 9.97 Å². The van der Waals surface area contributed by atoms with E-state index in [0.29, 0.717) is 24.2 Å². The maximum Gasteiger partial charge on any atom is 0.343 e. The number of hydrogen-bond donors (Lipinski definition) is 3. The summed E-state index contributed by atoms with van der Waals surface area (Å²) in [5, 5.41) is 4.99. The van der Waals surface area contributed by atoms with Gasteiger partial charge in [-0.3, -0.25) is 13.9 Å². The van der Waals surface area contributed by atoms with Crippen molar-refractivity contribution in [2.24, 2.45) is 5.92 Å². The van der Waals surface area contributed by atoms with Crippen LogP contribution >= 0.6 is 7.67 Å². The zero-order chi connectivity index (χ0) is 28.0. The van der Waals surface area contributed by atoms with Gasteiger partial charge in [-0.25, -0.2) is 20.0 Å². The molecule has 1 aliphatic rings. The van der Waals surface area contributed by atoms with Gasteiger partial charge in [0, 0.05) is 5.92 Å². The first-order valence-corrected chi connectivity index (χ1v) is 13.4. The number of terminal acetylenes is 1. The lowest BCUT2D eigenvalue weighted by molar-refractivity contribution is -0.142. The Labute approximate surface area is 219 Å². The molecule has 1 saturated heterocycles. The van der Waals surface area contributed by atoms with Gasteiger partial charge in [0.25, 0.3) is 0 Å². The Kier molecular flexibility index (Phi) is 9.64. The van der Waals surface area contributed by atoms with Crippen molar-refractivity contribution >= 4 is 36.7 Å². The highest BCUT2D eigenvalue weighted by atomic mass is 31.2. The molecule has 16 heteroatoms. The lowest BCUT2D eigenvalue weighted by Crippen LogP contribution is -2.43. The van der Waals surface area contributed by atoms with Gasteiger partial charge >= 0.3 is 19.6 Å². The number of nitrogens with zero attached hydrogens (tertiary/aromatic N) is 4. The molecule has 1 aliphatic heterocycles. The predicted octanol–water partition coefficient (Wildman–Crippen LogP) is 0.771. The monoisotopic (exact) mass is 553 g/mol. The number of carbonyl (C=O) groups is 2. The second-order valence-corrected chi connectivity index (χ2v) is 10.4. The highest BCUT2D eigenvalue weighted by Gasteiger charge is 2.39. The number of rotatable bonds is 12. The molecule has 0 saturated carbocycles. The molecule has 0 aliphatic carbocycles. The van der Waals surface area contributed by atoms with Crippen molar-refractivity contribution in [2.45, 2.75) is 51.6 Å². The number of imidazole rings is 1. The van der Waals surface area contributed by atoms with E-state index < -0.39 is 44.0 Å². The average Bonchev–Trinajstić information content (AvgIpc) is 3.47. The number of hydrogen-bond acceptors (Lipinski definition) is 12. The third kappa shape index (κ3) is 6.58. The third-order valence-corrected chi connectivity index (χ3v) is 7.52. The first-order chi connectivity index (χ1) is 18.0. The summed E-state index contributed by atoms with van der Waals surface area (Å²) >= 11 is 0. The van der Waals surface area contributed by atoms with Gasteiger partial charge in [0.05, 0.1) is 39.9 Å².